The molecule has 0 atom stereocenters. The minimum absolute atomic E-state index is 0.000437. The fourth-order valence-electron chi connectivity index (χ4n) is 2.85. The highest BCUT2D eigenvalue weighted by molar-refractivity contribution is 6.08. The van der Waals surface area contributed by atoms with Crippen LogP contribution >= 0.6 is 0 Å². The number of carboxylic acid groups (broad SMARTS) is 1. The van der Waals surface area contributed by atoms with Gasteiger partial charge in [-0.1, -0.05) is 43.5 Å². The topological polar surface area (TPSA) is 111 Å². The minimum atomic E-state index is -1.05. The molecule has 3 aromatic carbocycles. The molecule has 0 radical (unpaired) electrons. The lowest BCUT2D eigenvalue weighted by Crippen LogP contribution is -2.12. The molecule has 7 nitrogen and oxygen atoms in total. The number of amides is 1. The Bertz CT molecular complexity index is 1180. The van der Waals surface area contributed by atoms with Gasteiger partial charge in [0.05, 0.1) is 16.8 Å². The SMILES string of the molecule is C=Cc1cc(C(=O)Nc2ccccc2)c(O)c(N=Nc2ccc(C(=O)O)cc2)c1C=C. The van der Waals surface area contributed by atoms with Crippen LogP contribution < -0.4 is 5.32 Å². The van der Waals surface area contributed by atoms with Crippen LogP contribution in [-0.2, 0) is 0 Å². The van der Waals surface area contributed by atoms with Gasteiger partial charge in [-0.3, -0.25) is 4.79 Å². The van der Waals surface area contributed by atoms with Gasteiger partial charge in [-0.15, -0.1) is 5.11 Å². The lowest BCUT2D eigenvalue weighted by Gasteiger charge is -2.13. The number of para-hydroxylation sites is 1. The summed E-state index contributed by atoms with van der Waals surface area (Å²) in [6, 6.07) is 16.1. The zero-order valence-electron chi connectivity index (χ0n) is 16.4. The molecular formula is C24H19N3O4. The Morgan fingerprint density at radius 3 is 2.19 bits per heavy atom. The number of carbonyl (C=O) groups is 2. The van der Waals surface area contributed by atoms with Crippen LogP contribution in [0, 0.1) is 0 Å². The van der Waals surface area contributed by atoms with Crippen molar-refractivity contribution in [3.63, 3.8) is 0 Å². The van der Waals surface area contributed by atoms with Gasteiger partial charge in [-0.05, 0) is 48.0 Å². The zero-order valence-corrected chi connectivity index (χ0v) is 16.4. The second-order valence-corrected chi connectivity index (χ2v) is 6.40. The Kier molecular flexibility index (Phi) is 6.37. The minimum Gasteiger partial charge on any atom is -0.505 e. The molecule has 0 aliphatic rings. The standard InChI is InChI=1S/C24H19N3O4/c1-3-15-14-20(23(29)25-17-8-6-5-7-9-17)22(28)21(19(15)4-2)27-26-18-12-10-16(11-13-18)24(30)31/h3-14,28H,1-2H2,(H,25,29)(H,30,31). The van der Waals surface area contributed by atoms with Gasteiger partial charge in [-0.2, -0.15) is 5.11 Å². The summed E-state index contributed by atoms with van der Waals surface area (Å²) in [5, 5.41) is 30.7. The first-order valence-electron chi connectivity index (χ1n) is 9.21. The van der Waals surface area contributed by atoms with Crippen molar-refractivity contribution in [1.82, 2.24) is 0 Å². The van der Waals surface area contributed by atoms with Crippen LogP contribution in [0.25, 0.3) is 12.2 Å². The normalized spacial score (nSPS) is 10.6. The molecule has 154 valence electrons. The van der Waals surface area contributed by atoms with Crippen molar-refractivity contribution >= 4 is 41.1 Å². The van der Waals surface area contributed by atoms with Crippen molar-refractivity contribution in [3.8, 4) is 5.75 Å². The molecule has 3 N–H and O–H groups in total. The Balaban J connectivity index is 2.02. The summed E-state index contributed by atoms with van der Waals surface area (Å²) in [5.74, 6) is -1.94. The van der Waals surface area contributed by atoms with E-state index in [9.17, 15) is 14.7 Å². The maximum Gasteiger partial charge on any atom is 0.335 e. The summed E-state index contributed by atoms with van der Waals surface area (Å²) < 4.78 is 0. The van der Waals surface area contributed by atoms with Crippen LogP contribution in [0.15, 0.2) is 84.1 Å². The number of benzene rings is 3. The van der Waals surface area contributed by atoms with E-state index >= 15 is 0 Å². The van der Waals surface area contributed by atoms with E-state index in [1.807, 2.05) is 6.07 Å². The molecule has 0 unspecified atom stereocenters. The van der Waals surface area contributed by atoms with Crippen LogP contribution in [-0.4, -0.2) is 22.1 Å². The summed E-state index contributed by atoms with van der Waals surface area (Å²) in [6.07, 6.45) is 3.01. The fraction of sp³-hybridized carbons (Fsp3) is 0. The molecule has 0 aliphatic carbocycles. The second kappa shape index (κ2) is 9.32. The maximum atomic E-state index is 12.8. The van der Waals surface area contributed by atoms with E-state index in [0.29, 0.717) is 22.5 Å². The van der Waals surface area contributed by atoms with E-state index < -0.39 is 11.9 Å². The number of aromatic hydroxyl groups is 1. The molecular weight excluding hydrogens is 394 g/mol. The Morgan fingerprint density at radius 1 is 0.935 bits per heavy atom. The molecule has 3 aromatic rings. The number of carboxylic acids is 1. The summed E-state index contributed by atoms with van der Waals surface area (Å²) in [7, 11) is 0. The number of nitrogens with zero attached hydrogens (tertiary/aromatic N) is 2. The molecule has 7 heteroatoms. The zero-order chi connectivity index (χ0) is 22.4. The third-order valence-electron chi connectivity index (χ3n) is 4.43. The molecule has 0 spiro atoms. The average Bonchev–Trinajstić information content (AvgIpc) is 2.78. The van der Waals surface area contributed by atoms with E-state index in [1.165, 1.54) is 42.5 Å². The lowest BCUT2D eigenvalue weighted by atomic mass is 9.99. The van der Waals surface area contributed by atoms with Crippen LogP contribution in [0.2, 0.25) is 0 Å². The average molecular weight is 413 g/mol. The van der Waals surface area contributed by atoms with Gasteiger partial charge < -0.3 is 15.5 Å². The van der Waals surface area contributed by atoms with Gasteiger partial charge in [0, 0.05) is 11.3 Å². The van der Waals surface area contributed by atoms with Gasteiger partial charge >= 0.3 is 5.97 Å². The summed E-state index contributed by atoms with van der Waals surface area (Å²) >= 11 is 0. The van der Waals surface area contributed by atoms with Gasteiger partial charge in [0.1, 0.15) is 5.69 Å². The van der Waals surface area contributed by atoms with Crippen LogP contribution in [0.4, 0.5) is 17.1 Å². The monoisotopic (exact) mass is 413 g/mol. The smallest absolute Gasteiger partial charge is 0.335 e. The van der Waals surface area contributed by atoms with E-state index in [2.05, 4.69) is 28.7 Å². The lowest BCUT2D eigenvalue weighted by molar-refractivity contribution is 0.0696. The Hall–Kier alpha value is -4.52. The highest BCUT2D eigenvalue weighted by atomic mass is 16.4. The molecule has 3 rings (SSSR count). The first-order valence-corrected chi connectivity index (χ1v) is 9.21. The van der Waals surface area contributed by atoms with Crippen LogP contribution in [0.5, 0.6) is 5.75 Å². The maximum absolute atomic E-state index is 12.8. The Morgan fingerprint density at radius 2 is 1.61 bits per heavy atom. The van der Waals surface area contributed by atoms with E-state index in [-0.39, 0.29) is 22.6 Å². The number of anilines is 1. The third-order valence-corrected chi connectivity index (χ3v) is 4.43. The summed E-state index contributed by atoms with van der Waals surface area (Å²) in [5.41, 5.74) is 2.10. The van der Waals surface area contributed by atoms with E-state index in [4.69, 9.17) is 5.11 Å². The largest absolute Gasteiger partial charge is 0.505 e. The predicted octanol–water partition coefficient (Wildman–Crippen LogP) is 6.04. The first kappa shape index (κ1) is 21.2. The van der Waals surface area contributed by atoms with Crippen molar-refractivity contribution in [2.45, 2.75) is 0 Å². The van der Waals surface area contributed by atoms with Crippen LogP contribution in [0.1, 0.15) is 31.8 Å². The summed E-state index contributed by atoms with van der Waals surface area (Å²) in [4.78, 5) is 23.7. The summed E-state index contributed by atoms with van der Waals surface area (Å²) in [6.45, 7) is 7.49. The van der Waals surface area contributed by atoms with Crippen molar-refractivity contribution in [2.24, 2.45) is 10.2 Å². The third kappa shape index (κ3) is 4.73. The highest BCUT2D eigenvalue weighted by Gasteiger charge is 2.20. The molecule has 0 heterocycles. The molecule has 0 fully saturated rings. The highest BCUT2D eigenvalue weighted by Crippen LogP contribution is 2.39. The van der Waals surface area contributed by atoms with E-state index in [0.717, 1.165) is 0 Å². The number of aromatic carboxylic acids is 1. The van der Waals surface area contributed by atoms with Gasteiger partial charge in [0.15, 0.2) is 5.75 Å². The van der Waals surface area contributed by atoms with Crippen molar-refractivity contribution < 1.29 is 19.8 Å². The molecule has 0 saturated carbocycles. The van der Waals surface area contributed by atoms with Crippen molar-refractivity contribution in [2.75, 3.05) is 5.32 Å². The van der Waals surface area contributed by atoms with Gasteiger partial charge in [0.2, 0.25) is 0 Å². The van der Waals surface area contributed by atoms with Crippen molar-refractivity contribution in [3.05, 3.63) is 96.1 Å². The van der Waals surface area contributed by atoms with Crippen molar-refractivity contribution in [1.29, 1.82) is 0 Å². The number of nitrogens with one attached hydrogen (secondary N) is 1. The number of hydrogen-bond acceptors (Lipinski definition) is 5. The quantitative estimate of drug-likeness (QED) is 0.410. The van der Waals surface area contributed by atoms with E-state index in [1.54, 1.807) is 24.3 Å². The fourth-order valence-corrected chi connectivity index (χ4v) is 2.85. The number of phenolic OH excluding ortho intramolecular Hbond substituents is 1. The number of hydrogen-bond donors (Lipinski definition) is 3. The number of rotatable bonds is 7. The molecule has 1 amide bonds. The number of phenols is 1. The predicted molar refractivity (Wildman–Crippen MR) is 120 cm³/mol. The van der Waals surface area contributed by atoms with Gasteiger partial charge in [-0.25, -0.2) is 4.79 Å². The first-order chi connectivity index (χ1) is 14.9. The number of azo groups is 1. The second-order valence-electron chi connectivity index (χ2n) is 6.40. The molecule has 0 aromatic heterocycles. The molecule has 31 heavy (non-hydrogen) atoms. The molecule has 0 bridgehead atoms. The van der Waals surface area contributed by atoms with Crippen LogP contribution in [0.3, 0.4) is 0 Å². The van der Waals surface area contributed by atoms with Gasteiger partial charge in [0.25, 0.3) is 5.91 Å². The number of carbonyl (C=O) groups excluding carboxylic acids is 1. The molecule has 0 aliphatic heterocycles. The molecule has 0 saturated heterocycles. The Labute approximate surface area is 178 Å².